The van der Waals surface area contributed by atoms with Crippen LogP contribution >= 0.6 is 0 Å². The van der Waals surface area contributed by atoms with Crippen LogP contribution in [0.4, 0.5) is 65.7 Å². The molecule has 0 unspecified atom stereocenters. The van der Waals surface area contributed by atoms with E-state index < -0.39 is 131 Å². The minimum atomic E-state index is -1.82. The van der Waals surface area contributed by atoms with Gasteiger partial charge in [-0.3, -0.25) is 19.2 Å². The molecule has 10 rings (SSSR count). The van der Waals surface area contributed by atoms with Gasteiger partial charge in [-0.15, -0.1) is 0 Å². The molecule has 4 fully saturated rings. The minimum Gasteiger partial charge on any atom is -0.480 e. The highest BCUT2D eigenvalue weighted by molar-refractivity contribution is 6.07. The van der Waals surface area contributed by atoms with Gasteiger partial charge in [0.05, 0.1) is 17.4 Å². The lowest BCUT2D eigenvalue weighted by Gasteiger charge is -2.30. The van der Waals surface area contributed by atoms with Gasteiger partial charge in [0.1, 0.15) is 24.7 Å². The predicted molar refractivity (Wildman–Crippen MR) is 272 cm³/mol. The molecule has 27 heteroatoms. The number of carboxylic acids is 1. The highest BCUT2D eigenvalue weighted by Crippen LogP contribution is 2.48. The Labute approximate surface area is 458 Å². The number of hydrogen-bond acceptors (Lipinski definition) is 11. The first-order chi connectivity index (χ1) is 37.3. The zero-order valence-corrected chi connectivity index (χ0v) is 42.4. The summed E-state index contributed by atoms with van der Waals surface area (Å²) in [6, 6.07) is 6.39. The van der Waals surface area contributed by atoms with E-state index >= 15 is 0 Å². The van der Waals surface area contributed by atoms with Crippen LogP contribution in [0.5, 0.6) is 0 Å². The van der Waals surface area contributed by atoms with E-state index in [9.17, 15) is 73.5 Å². The van der Waals surface area contributed by atoms with Gasteiger partial charge in [0.15, 0.2) is 34.9 Å². The number of rotatable bonds is 8. The maximum atomic E-state index is 14.8. The molecule has 4 saturated heterocycles. The van der Waals surface area contributed by atoms with Crippen molar-refractivity contribution in [1.29, 1.82) is 0 Å². The molecule has 4 aromatic rings. The number of aryl methyl sites for hydroxylation is 2. The smallest absolute Gasteiger partial charge is 0.418 e. The quantitative estimate of drug-likeness (QED) is 0.0716. The third-order valence-electron chi connectivity index (χ3n) is 14.6. The molecule has 4 aliphatic heterocycles. The SMILES string of the molecule is C.C.CNC(=O)Nc1cc2c(cc1F)[C@@]1(CC2)OC(=O)N(CC(=O)N2[C@@H](C)CC[C@H]2c2cc(F)c(F)c(F)c2)C1=O.CNC(=O)Nc1cc2c(cc1F)[C@@]1(CC2)OC(=O)N(CC(=O)O)C1=O.C[C@H]1CC[C@@H](c2cc(F)c(F)c(F)c2)N1. The molecule has 19 nitrogen and oxygen atoms in total. The van der Waals surface area contributed by atoms with Crippen molar-refractivity contribution in [1.82, 2.24) is 30.7 Å². The third kappa shape index (κ3) is 11.8. The molecular formula is C54H58F8N8O11. The zero-order valence-electron chi connectivity index (χ0n) is 42.4. The van der Waals surface area contributed by atoms with Gasteiger partial charge < -0.3 is 46.1 Å². The number of nitrogens with one attached hydrogen (secondary N) is 5. The molecule has 6 atom stereocenters. The van der Waals surface area contributed by atoms with Crippen LogP contribution in [0.25, 0.3) is 0 Å². The number of ether oxygens (including phenoxy) is 2. The first kappa shape index (κ1) is 61.8. The van der Waals surface area contributed by atoms with Gasteiger partial charge in [0.2, 0.25) is 17.1 Å². The Morgan fingerprint density at radius 2 is 1.04 bits per heavy atom. The van der Waals surface area contributed by atoms with E-state index in [1.54, 1.807) is 6.92 Å². The Morgan fingerprint density at radius 3 is 1.44 bits per heavy atom. The Kier molecular flexibility index (Phi) is 18.4. The molecule has 6 N–H and O–H groups in total. The Bertz CT molecular complexity index is 3180. The lowest BCUT2D eigenvalue weighted by Crippen LogP contribution is -2.46. The van der Waals surface area contributed by atoms with Gasteiger partial charge in [0, 0.05) is 56.2 Å². The molecule has 4 aromatic carbocycles. The molecule has 2 spiro atoms. The summed E-state index contributed by atoms with van der Waals surface area (Å²) in [7, 11) is 2.74. The summed E-state index contributed by atoms with van der Waals surface area (Å²) in [5, 5.41) is 21.3. The van der Waals surface area contributed by atoms with Crippen molar-refractivity contribution in [3.63, 3.8) is 0 Å². The van der Waals surface area contributed by atoms with E-state index in [0.29, 0.717) is 51.8 Å². The van der Waals surface area contributed by atoms with E-state index in [1.807, 2.05) is 6.92 Å². The van der Waals surface area contributed by atoms with Gasteiger partial charge in [-0.2, -0.15) is 0 Å². The number of carboxylic acid groups (broad SMARTS) is 1. The Morgan fingerprint density at radius 1 is 0.605 bits per heavy atom. The number of nitrogens with zero attached hydrogens (tertiary/aromatic N) is 3. The molecule has 0 bridgehead atoms. The fourth-order valence-corrected chi connectivity index (χ4v) is 10.7. The highest BCUT2D eigenvalue weighted by Gasteiger charge is 2.60. The molecule has 6 aliphatic rings. The van der Waals surface area contributed by atoms with E-state index in [-0.39, 0.29) is 68.2 Å². The molecule has 436 valence electrons. The second kappa shape index (κ2) is 24.2. The standard InChI is InChI=1S/C26H24F4N4O5.C15H14FN3O6.C11H12F3N.2CH4/c1-12-3-4-20(14-7-17(28)22(30)18(29)8-14)34(12)21(35)11-33-23(36)26(39-25(33)38)6-5-13-9-19(32-24(37)31-2)16(27)10-15(13)26;1-17-13(23)18-10-4-7-2-3-15(8(7)5-9(10)16)12(22)19(6-11(20)21)14(24)25-15;1-6-2-3-10(15-6)7-4-8(12)11(14)9(13)5-7;;/h7-10,12,20H,3-6,11H2,1-2H3,(H2,31,32,37);4-5H,2-3,6H2,1H3,(H,20,21)(H2,17,18,23);4-6,10,15H,2-3H2,1H3;2*1H4/t12-,20-,26+;15-;6-,10-;;/m010../s1. The molecule has 4 heterocycles. The van der Waals surface area contributed by atoms with Crippen LogP contribution in [0.15, 0.2) is 48.5 Å². The number of fused-ring (bicyclic) bond motifs is 4. The summed E-state index contributed by atoms with van der Waals surface area (Å²) in [6.07, 6.45) is 1.06. The largest absolute Gasteiger partial charge is 0.480 e. The van der Waals surface area contributed by atoms with Crippen LogP contribution in [-0.4, -0.2) is 107 Å². The number of anilines is 2. The Hall–Kier alpha value is -8.36. The number of imide groups is 2. The molecule has 9 amide bonds. The van der Waals surface area contributed by atoms with Crippen molar-refractivity contribution in [2.24, 2.45) is 0 Å². The van der Waals surface area contributed by atoms with E-state index in [0.717, 1.165) is 49.2 Å². The molecule has 81 heavy (non-hydrogen) atoms. The number of urea groups is 2. The summed E-state index contributed by atoms with van der Waals surface area (Å²) in [6.45, 7) is 2.19. The van der Waals surface area contributed by atoms with Crippen molar-refractivity contribution >= 4 is 59.3 Å². The molecule has 2 aliphatic carbocycles. The maximum absolute atomic E-state index is 14.8. The van der Waals surface area contributed by atoms with Crippen LogP contribution < -0.4 is 26.6 Å². The normalized spacial score (nSPS) is 22.8. The van der Waals surface area contributed by atoms with Gasteiger partial charge in [-0.1, -0.05) is 14.9 Å². The van der Waals surface area contributed by atoms with Gasteiger partial charge in [-0.25, -0.2) is 64.1 Å². The maximum Gasteiger partial charge on any atom is 0.418 e. The number of carbonyl (C=O) groups is 8. The lowest BCUT2D eigenvalue weighted by atomic mass is 9.94. The van der Waals surface area contributed by atoms with Crippen LogP contribution in [0.3, 0.4) is 0 Å². The van der Waals surface area contributed by atoms with Crippen LogP contribution in [0.1, 0.15) is 113 Å². The minimum absolute atomic E-state index is 0. The van der Waals surface area contributed by atoms with Crippen molar-refractivity contribution in [2.75, 3.05) is 37.8 Å². The summed E-state index contributed by atoms with van der Waals surface area (Å²) in [4.78, 5) is 100. The third-order valence-corrected chi connectivity index (χ3v) is 14.6. The number of hydrogen-bond donors (Lipinski definition) is 6. The monoisotopic (exact) mass is 1150 g/mol. The lowest BCUT2D eigenvalue weighted by molar-refractivity contribution is -0.144. The number of amides is 9. The number of carbonyl (C=O) groups excluding carboxylic acids is 7. The van der Waals surface area contributed by atoms with Gasteiger partial charge in [-0.05, 0) is 123 Å². The number of benzene rings is 4. The second-order valence-electron chi connectivity index (χ2n) is 19.5. The van der Waals surface area contributed by atoms with Crippen molar-refractivity contribution in [3.8, 4) is 0 Å². The van der Waals surface area contributed by atoms with Gasteiger partial charge in [0.25, 0.3) is 11.8 Å². The average molecular weight is 1150 g/mol. The summed E-state index contributed by atoms with van der Waals surface area (Å²) in [5.74, 6) is -13.4. The molecule has 0 aromatic heterocycles. The fourth-order valence-electron chi connectivity index (χ4n) is 10.7. The topological polar surface area (TPSA) is 245 Å². The van der Waals surface area contributed by atoms with E-state index in [2.05, 4.69) is 26.6 Å². The van der Waals surface area contributed by atoms with E-state index in [1.165, 1.54) is 31.1 Å². The highest BCUT2D eigenvalue weighted by atomic mass is 19.2. The fraction of sp³-hybridized carbons (Fsp3) is 0.407. The first-order valence-corrected chi connectivity index (χ1v) is 24.6. The predicted octanol–water partition coefficient (Wildman–Crippen LogP) is 8.84. The van der Waals surface area contributed by atoms with Gasteiger partial charge >= 0.3 is 30.2 Å². The van der Waals surface area contributed by atoms with Crippen molar-refractivity contribution in [3.05, 3.63) is 128 Å². The van der Waals surface area contributed by atoms with Crippen LogP contribution in [0, 0.1) is 46.5 Å². The van der Waals surface area contributed by atoms with Crippen LogP contribution in [0.2, 0.25) is 0 Å². The van der Waals surface area contributed by atoms with Crippen molar-refractivity contribution in [2.45, 2.75) is 115 Å². The number of likely N-dealkylation sites (tertiary alicyclic amines) is 1. The van der Waals surface area contributed by atoms with Crippen LogP contribution in [-0.2, 0) is 52.7 Å². The number of aliphatic carboxylic acids is 1. The average Bonchev–Trinajstić information content (AvgIpc) is 4.26. The molecule has 0 saturated carbocycles. The molecule has 0 radical (unpaired) electrons. The first-order valence-electron chi connectivity index (χ1n) is 24.6. The van der Waals surface area contributed by atoms with E-state index in [4.69, 9.17) is 14.6 Å². The summed E-state index contributed by atoms with van der Waals surface area (Å²) in [5.41, 5.74) is -1.87. The second-order valence-corrected chi connectivity index (χ2v) is 19.5. The zero-order chi connectivity index (χ0) is 57.6. The number of halogens is 8. The Balaban J connectivity index is 0.000000215. The van der Waals surface area contributed by atoms with Crippen molar-refractivity contribution < 1.29 is 88.1 Å². The summed E-state index contributed by atoms with van der Waals surface area (Å²) >= 11 is 0. The summed E-state index contributed by atoms with van der Waals surface area (Å²) < 4.78 is 120. The molecular weight excluding hydrogens is 1090 g/mol.